The summed E-state index contributed by atoms with van der Waals surface area (Å²) in [4.78, 5) is 24.2. The van der Waals surface area contributed by atoms with E-state index in [4.69, 9.17) is 5.11 Å². The number of nitrogens with one attached hydrogen (secondary N) is 1. The fraction of sp³-hybridized carbons (Fsp3) is 0.571. The van der Waals surface area contributed by atoms with E-state index in [-0.39, 0.29) is 17.7 Å². The second kappa shape index (κ2) is 6.19. The molecule has 1 aromatic rings. The highest BCUT2D eigenvalue weighted by Gasteiger charge is 2.30. The summed E-state index contributed by atoms with van der Waals surface area (Å²) in [5.74, 6) is -1.27. The van der Waals surface area contributed by atoms with E-state index in [1.165, 1.54) is 10.4 Å². The molecule has 4 nitrogen and oxygen atoms in total. The smallest absolute Gasteiger partial charge is 0.306 e. The van der Waals surface area contributed by atoms with Gasteiger partial charge in [-0.2, -0.15) is 0 Å². The van der Waals surface area contributed by atoms with Crippen LogP contribution in [0.4, 0.5) is 0 Å². The number of aliphatic carboxylic acids is 1. The third-order valence-electron chi connectivity index (χ3n) is 3.79. The molecular weight excluding hydrogens is 262 g/mol. The average Bonchev–Trinajstić information content (AvgIpc) is 2.81. The van der Waals surface area contributed by atoms with Gasteiger partial charge in [0.25, 0.3) is 0 Å². The van der Waals surface area contributed by atoms with Gasteiger partial charge in [-0.1, -0.05) is 6.42 Å². The van der Waals surface area contributed by atoms with Crippen LogP contribution in [0, 0.1) is 18.8 Å². The molecule has 2 atom stereocenters. The Morgan fingerprint density at radius 3 is 2.79 bits per heavy atom. The van der Waals surface area contributed by atoms with Crippen LogP contribution >= 0.6 is 11.3 Å². The van der Waals surface area contributed by atoms with Crippen molar-refractivity contribution in [3.8, 4) is 0 Å². The summed E-state index contributed by atoms with van der Waals surface area (Å²) in [5, 5.41) is 14.0. The van der Waals surface area contributed by atoms with Crippen molar-refractivity contribution in [1.82, 2.24) is 5.32 Å². The summed E-state index contributed by atoms with van der Waals surface area (Å²) in [6.45, 7) is 2.58. The summed E-state index contributed by atoms with van der Waals surface area (Å²) in [5.41, 5.74) is 1.19. The van der Waals surface area contributed by atoms with E-state index in [9.17, 15) is 9.59 Å². The van der Waals surface area contributed by atoms with Gasteiger partial charge in [-0.05, 0) is 43.2 Å². The van der Waals surface area contributed by atoms with Crippen molar-refractivity contribution in [1.29, 1.82) is 0 Å². The maximum Gasteiger partial charge on any atom is 0.306 e. The van der Waals surface area contributed by atoms with Crippen LogP contribution in [0.3, 0.4) is 0 Å². The van der Waals surface area contributed by atoms with Crippen molar-refractivity contribution in [2.75, 3.05) is 0 Å². The summed E-state index contributed by atoms with van der Waals surface area (Å²) >= 11 is 1.63. The second-order valence-electron chi connectivity index (χ2n) is 5.14. The van der Waals surface area contributed by atoms with Gasteiger partial charge in [-0.25, -0.2) is 0 Å². The molecule has 0 spiro atoms. The maximum atomic E-state index is 12.1. The number of aryl methyl sites for hydroxylation is 1. The predicted molar refractivity (Wildman–Crippen MR) is 74.0 cm³/mol. The molecule has 0 radical (unpaired) electrons. The molecule has 104 valence electrons. The van der Waals surface area contributed by atoms with Crippen LogP contribution in [0.5, 0.6) is 0 Å². The van der Waals surface area contributed by atoms with Gasteiger partial charge in [0.2, 0.25) is 5.91 Å². The summed E-state index contributed by atoms with van der Waals surface area (Å²) in [6, 6.07) is 2.03. The number of carboxylic acid groups (broad SMARTS) is 1. The summed E-state index contributed by atoms with van der Waals surface area (Å²) < 4.78 is 0. The molecule has 1 aliphatic rings. The quantitative estimate of drug-likeness (QED) is 0.891. The van der Waals surface area contributed by atoms with E-state index in [1.807, 2.05) is 18.4 Å². The zero-order valence-electron chi connectivity index (χ0n) is 11.0. The summed E-state index contributed by atoms with van der Waals surface area (Å²) in [7, 11) is 0. The Balaban J connectivity index is 1.86. The monoisotopic (exact) mass is 281 g/mol. The van der Waals surface area contributed by atoms with Crippen LogP contribution in [-0.4, -0.2) is 17.0 Å². The lowest BCUT2D eigenvalue weighted by molar-refractivity contribution is -0.144. The Labute approximate surface area is 116 Å². The highest BCUT2D eigenvalue weighted by Crippen LogP contribution is 2.29. The standard InChI is InChI=1S/C14H19NO3S/c1-9-5-6-19-12(9)8-15-13(16)10-3-2-4-11(7-10)14(17)18/h5-6,10-11H,2-4,7-8H2,1H3,(H,15,16)(H,17,18). The first kappa shape index (κ1) is 14.1. The topological polar surface area (TPSA) is 66.4 Å². The van der Waals surface area contributed by atoms with Crippen LogP contribution in [0.2, 0.25) is 0 Å². The Bertz CT molecular complexity index is 469. The Kier molecular flexibility index (Phi) is 4.58. The molecule has 5 heteroatoms. The first-order chi connectivity index (χ1) is 9.08. The molecule has 2 N–H and O–H groups in total. The maximum absolute atomic E-state index is 12.1. The highest BCUT2D eigenvalue weighted by atomic mass is 32.1. The molecule has 1 saturated carbocycles. The fourth-order valence-corrected chi connectivity index (χ4v) is 3.40. The fourth-order valence-electron chi connectivity index (χ4n) is 2.55. The second-order valence-corrected chi connectivity index (χ2v) is 6.14. The number of carbonyl (C=O) groups excluding carboxylic acids is 1. The number of hydrogen-bond acceptors (Lipinski definition) is 3. The SMILES string of the molecule is Cc1ccsc1CNC(=O)C1CCCC(C(=O)O)C1. The van der Waals surface area contributed by atoms with E-state index in [2.05, 4.69) is 5.32 Å². The molecule has 0 bridgehead atoms. The molecule has 0 aliphatic heterocycles. The van der Waals surface area contributed by atoms with Crippen LogP contribution < -0.4 is 5.32 Å². The number of thiophene rings is 1. The van der Waals surface area contributed by atoms with Crippen molar-refractivity contribution in [3.63, 3.8) is 0 Å². The van der Waals surface area contributed by atoms with E-state index in [0.717, 1.165) is 12.8 Å². The molecule has 1 aliphatic carbocycles. The molecule has 0 saturated heterocycles. The molecule has 0 aromatic carbocycles. The van der Waals surface area contributed by atoms with Gasteiger partial charge < -0.3 is 10.4 Å². The normalized spacial score (nSPS) is 23.0. The average molecular weight is 281 g/mol. The van der Waals surface area contributed by atoms with Crippen LogP contribution in [0.15, 0.2) is 11.4 Å². The largest absolute Gasteiger partial charge is 0.481 e. The van der Waals surface area contributed by atoms with Crippen molar-refractivity contribution < 1.29 is 14.7 Å². The summed E-state index contributed by atoms with van der Waals surface area (Å²) in [6.07, 6.45) is 2.81. The first-order valence-electron chi connectivity index (χ1n) is 6.61. The predicted octanol–water partition coefficient (Wildman–Crippen LogP) is 2.56. The van der Waals surface area contributed by atoms with Crippen molar-refractivity contribution in [3.05, 3.63) is 21.9 Å². The highest BCUT2D eigenvalue weighted by molar-refractivity contribution is 7.10. The third-order valence-corrected chi connectivity index (χ3v) is 4.81. The van der Waals surface area contributed by atoms with E-state index < -0.39 is 5.97 Å². The lowest BCUT2D eigenvalue weighted by Crippen LogP contribution is -2.35. The first-order valence-corrected chi connectivity index (χ1v) is 7.49. The number of hydrogen-bond donors (Lipinski definition) is 2. The molecule has 1 heterocycles. The Hall–Kier alpha value is -1.36. The van der Waals surface area contributed by atoms with Crippen LogP contribution in [-0.2, 0) is 16.1 Å². The van der Waals surface area contributed by atoms with Gasteiger partial charge in [0, 0.05) is 10.8 Å². The van der Waals surface area contributed by atoms with Gasteiger partial charge in [-0.15, -0.1) is 11.3 Å². The lowest BCUT2D eigenvalue weighted by atomic mass is 9.81. The molecule has 2 unspecified atom stereocenters. The number of rotatable bonds is 4. The Morgan fingerprint density at radius 2 is 2.16 bits per heavy atom. The Morgan fingerprint density at radius 1 is 1.42 bits per heavy atom. The van der Waals surface area contributed by atoms with Crippen molar-refractivity contribution >= 4 is 23.2 Å². The molecular formula is C14H19NO3S. The van der Waals surface area contributed by atoms with Crippen molar-refractivity contribution in [2.45, 2.75) is 39.2 Å². The van der Waals surface area contributed by atoms with Gasteiger partial charge >= 0.3 is 5.97 Å². The molecule has 19 heavy (non-hydrogen) atoms. The van der Waals surface area contributed by atoms with Gasteiger partial charge in [0.05, 0.1) is 12.5 Å². The number of carbonyl (C=O) groups is 2. The van der Waals surface area contributed by atoms with Crippen LogP contribution in [0.25, 0.3) is 0 Å². The minimum Gasteiger partial charge on any atom is -0.481 e. The van der Waals surface area contributed by atoms with E-state index in [0.29, 0.717) is 19.4 Å². The number of carboxylic acids is 1. The molecule has 1 fully saturated rings. The van der Waals surface area contributed by atoms with E-state index >= 15 is 0 Å². The van der Waals surface area contributed by atoms with Gasteiger partial charge in [0.15, 0.2) is 0 Å². The zero-order chi connectivity index (χ0) is 13.8. The van der Waals surface area contributed by atoms with E-state index in [1.54, 1.807) is 11.3 Å². The van der Waals surface area contributed by atoms with Gasteiger partial charge in [-0.3, -0.25) is 9.59 Å². The minimum absolute atomic E-state index is 0.00116. The van der Waals surface area contributed by atoms with Crippen LogP contribution in [0.1, 0.15) is 36.1 Å². The molecule has 1 aromatic heterocycles. The van der Waals surface area contributed by atoms with Crippen molar-refractivity contribution in [2.24, 2.45) is 11.8 Å². The zero-order valence-corrected chi connectivity index (χ0v) is 11.8. The third kappa shape index (κ3) is 3.56. The molecule has 1 amide bonds. The molecule has 2 rings (SSSR count). The minimum atomic E-state index is -0.772. The number of amides is 1. The lowest BCUT2D eigenvalue weighted by Gasteiger charge is -2.25. The van der Waals surface area contributed by atoms with Gasteiger partial charge in [0.1, 0.15) is 0 Å².